The molecule has 7 heteroatoms. The molecule has 0 N–H and O–H groups in total. The zero-order valence-corrected chi connectivity index (χ0v) is 22.2. The third-order valence-electron chi connectivity index (χ3n) is 6.75. The van der Waals surface area contributed by atoms with Crippen molar-refractivity contribution in [1.29, 1.82) is 0 Å². The number of ketones is 1. The Hall–Kier alpha value is -3.55. The molecule has 2 aromatic heterocycles. The van der Waals surface area contributed by atoms with Gasteiger partial charge in [-0.25, -0.2) is 4.98 Å². The molecule has 1 aliphatic heterocycles. The summed E-state index contributed by atoms with van der Waals surface area (Å²) >= 11 is 1.56. The van der Waals surface area contributed by atoms with Crippen molar-refractivity contribution in [2.24, 2.45) is 0 Å². The van der Waals surface area contributed by atoms with Crippen LogP contribution in [0.2, 0.25) is 0 Å². The fraction of sp³-hybridized carbons (Fsp3) is 0.300. The summed E-state index contributed by atoms with van der Waals surface area (Å²) in [6.07, 6.45) is 2.27. The molecule has 2 aromatic carbocycles. The maximum Gasteiger partial charge on any atom is 0.240 e. The van der Waals surface area contributed by atoms with Gasteiger partial charge in [0.05, 0.1) is 5.52 Å². The lowest BCUT2D eigenvalue weighted by molar-refractivity contribution is -0.114. The number of benzene rings is 2. The van der Waals surface area contributed by atoms with Crippen molar-refractivity contribution in [3.05, 3.63) is 89.6 Å². The van der Waals surface area contributed by atoms with Crippen LogP contribution in [0.15, 0.2) is 72.6 Å². The molecule has 0 bridgehead atoms. The molecule has 0 radical (unpaired) electrons. The number of carbonyl (C=O) groups excluding carboxylic acids is 1. The average Bonchev–Trinajstić information content (AvgIpc) is 3.38. The maximum absolute atomic E-state index is 11.8. The van der Waals surface area contributed by atoms with Crippen LogP contribution in [-0.4, -0.2) is 52.9 Å². The molecule has 1 fully saturated rings. The number of thiophene rings is 1. The molecule has 3 heterocycles. The minimum Gasteiger partial charge on any atom is -0.437 e. The Morgan fingerprint density at radius 1 is 1.05 bits per heavy atom. The third kappa shape index (κ3) is 6.06. The molecular weight excluding hydrogens is 480 g/mol. The first kappa shape index (κ1) is 25.1. The van der Waals surface area contributed by atoms with Gasteiger partial charge in [-0.2, -0.15) is 4.98 Å². The van der Waals surface area contributed by atoms with Gasteiger partial charge in [-0.05, 0) is 66.8 Å². The minimum absolute atomic E-state index is 0.0223. The summed E-state index contributed by atoms with van der Waals surface area (Å²) in [6, 6.07) is 18.9. The summed E-state index contributed by atoms with van der Waals surface area (Å²) in [5, 5.41) is 2.00. The van der Waals surface area contributed by atoms with Crippen LogP contribution in [0.4, 0.5) is 5.69 Å². The number of rotatable bonds is 9. The fourth-order valence-electron chi connectivity index (χ4n) is 4.64. The van der Waals surface area contributed by atoms with Gasteiger partial charge >= 0.3 is 0 Å². The van der Waals surface area contributed by atoms with Gasteiger partial charge in [0.1, 0.15) is 16.3 Å². The SMILES string of the molecule is C=CC(=O)Cc1cccc(Oc2nc(Cc3ccc(N4CCN(C(C)C)CC4)cc3)nc3ccsc23)c1. The molecule has 0 amide bonds. The Morgan fingerprint density at radius 2 is 1.84 bits per heavy atom. The van der Waals surface area contributed by atoms with E-state index < -0.39 is 0 Å². The van der Waals surface area contributed by atoms with Crippen molar-refractivity contribution < 1.29 is 9.53 Å². The Labute approximate surface area is 222 Å². The van der Waals surface area contributed by atoms with Crippen LogP contribution in [0.3, 0.4) is 0 Å². The Bertz CT molecular complexity index is 1390. The zero-order chi connectivity index (χ0) is 25.8. The number of hydrogen-bond donors (Lipinski definition) is 0. The van der Waals surface area contributed by atoms with Gasteiger partial charge in [0.15, 0.2) is 5.78 Å². The van der Waals surface area contributed by atoms with Gasteiger partial charge in [-0.3, -0.25) is 9.69 Å². The highest BCUT2D eigenvalue weighted by molar-refractivity contribution is 7.17. The molecule has 1 aliphatic rings. The minimum atomic E-state index is -0.0223. The molecule has 0 spiro atoms. The number of ether oxygens (including phenoxy) is 1. The van der Waals surface area contributed by atoms with Crippen molar-refractivity contribution in [2.75, 3.05) is 31.1 Å². The number of piperazine rings is 1. The second-order valence-electron chi connectivity index (χ2n) is 9.64. The van der Waals surface area contributed by atoms with Crippen molar-refractivity contribution in [2.45, 2.75) is 32.7 Å². The lowest BCUT2D eigenvalue weighted by Gasteiger charge is -2.38. The standard InChI is InChI=1S/C30H32N4O2S/c1-4-25(35)18-23-6-5-7-26(19-23)36-30-29-27(12-17-37-29)31-28(32-30)20-22-8-10-24(11-9-22)34-15-13-33(14-16-34)21(2)3/h4-12,17,19,21H,1,13-16,18,20H2,2-3H3. The van der Waals surface area contributed by atoms with Crippen molar-refractivity contribution in [3.63, 3.8) is 0 Å². The van der Waals surface area contributed by atoms with Gasteiger partial charge in [-0.1, -0.05) is 30.8 Å². The summed E-state index contributed by atoms with van der Waals surface area (Å²) < 4.78 is 7.13. The van der Waals surface area contributed by atoms with Crippen molar-refractivity contribution >= 4 is 33.0 Å². The first-order valence-corrected chi connectivity index (χ1v) is 13.6. The highest BCUT2D eigenvalue weighted by atomic mass is 32.1. The third-order valence-corrected chi connectivity index (χ3v) is 7.64. The molecule has 4 aromatic rings. The molecule has 0 unspecified atom stereocenters. The summed E-state index contributed by atoms with van der Waals surface area (Å²) in [7, 11) is 0. The van der Waals surface area contributed by atoms with E-state index in [9.17, 15) is 4.79 Å². The molecule has 190 valence electrons. The largest absolute Gasteiger partial charge is 0.437 e. The number of nitrogens with zero attached hydrogens (tertiary/aromatic N) is 4. The van der Waals surface area contributed by atoms with Crippen molar-refractivity contribution in [1.82, 2.24) is 14.9 Å². The topological polar surface area (TPSA) is 58.6 Å². The quantitative estimate of drug-likeness (QED) is 0.260. The van der Waals surface area contributed by atoms with Crippen LogP contribution >= 0.6 is 11.3 Å². The Morgan fingerprint density at radius 3 is 2.57 bits per heavy atom. The monoisotopic (exact) mass is 512 g/mol. The van der Waals surface area contributed by atoms with Crippen LogP contribution in [0.5, 0.6) is 11.6 Å². The molecule has 0 saturated carbocycles. The number of allylic oxidation sites excluding steroid dienone is 1. The van der Waals surface area contributed by atoms with Crippen LogP contribution in [0.25, 0.3) is 10.2 Å². The lowest BCUT2D eigenvalue weighted by atomic mass is 10.1. The number of aromatic nitrogens is 2. The van der Waals surface area contributed by atoms with E-state index in [1.54, 1.807) is 11.3 Å². The Kier molecular flexibility index (Phi) is 7.63. The summed E-state index contributed by atoms with van der Waals surface area (Å²) in [5.74, 6) is 1.89. The fourth-order valence-corrected chi connectivity index (χ4v) is 5.39. The molecule has 6 nitrogen and oxygen atoms in total. The van der Waals surface area contributed by atoms with E-state index in [1.165, 1.54) is 11.8 Å². The Balaban J connectivity index is 1.31. The highest BCUT2D eigenvalue weighted by Crippen LogP contribution is 2.32. The number of hydrogen-bond acceptors (Lipinski definition) is 7. The van der Waals surface area contributed by atoms with E-state index in [-0.39, 0.29) is 5.78 Å². The zero-order valence-electron chi connectivity index (χ0n) is 21.4. The number of fused-ring (bicyclic) bond motifs is 1. The van der Waals surface area contributed by atoms with Gasteiger partial charge < -0.3 is 9.64 Å². The second kappa shape index (κ2) is 11.2. The molecule has 37 heavy (non-hydrogen) atoms. The van der Waals surface area contributed by atoms with Gasteiger partial charge in [0, 0.05) is 50.7 Å². The number of anilines is 1. The van der Waals surface area contributed by atoms with E-state index in [1.807, 2.05) is 35.7 Å². The molecule has 0 aliphatic carbocycles. The van der Waals surface area contributed by atoms with E-state index in [0.29, 0.717) is 30.5 Å². The smallest absolute Gasteiger partial charge is 0.240 e. The van der Waals surface area contributed by atoms with Crippen LogP contribution in [0.1, 0.15) is 30.8 Å². The predicted octanol–water partition coefficient (Wildman–Crippen LogP) is 5.90. The molecule has 5 rings (SSSR count). The van der Waals surface area contributed by atoms with Crippen LogP contribution in [0, 0.1) is 0 Å². The van der Waals surface area contributed by atoms with Crippen LogP contribution in [-0.2, 0) is 17.6 Å². The lowest BCUT2D eigenvalue weighted by Crippen LogP contribution is -2.48. The highest BCUT2D eigenvalue weighted by Gasteiger charge is 2.19. The van der Waals surface area contributed by atoms with E-state index in [2.05, 4.69) is 54.5 Å². The molecule has 0 atom stereocenters. The molecular formula is C30H32N4O2S. The summed E-state index contributed by atoms with van der Waals surface area (Å²) in [4.78, 5) is 26.3. The van der Waals surface area contributed by atoms with E-state index in [0.717, 1.165) is 53.3 Å². The van der Waals surface area contributed by atoms with Gasteiger partial charge in [0.2, 0.25) is 5.88 Å². The number of carbonyl (C=O) groups is 1. The van der Waals surface area contributed by atoms with Gasteiger partial charge in [0.25, 0.3) is 0 Å². The summed E-state index contributed by atoms with van der Waals surface area (Å²) in [5.41, 5.74) is 4.18. The van der Waals surface area contributed by atoms with Gasteiger partial charge in [-0.15, -0.1) is 11.3 Å². The first-order chi connectivity index (χ1) is 18.0. The maximum atomic E-state index is 11.8. The second-order valence-corrected chi connectivity index (χ2v) is 10.6. The van der Waals surface area contributed by atoms with Crippen molar-refractivity contribution in [3.8, 4) is 11.6 Å². The predicted molar refractivity (Wildman–Crippen MR) is 151 cm³/mol. The van der Waals surface area contributed by atoms with Crippen LogP contribution < -0.4 is 9.64 Å². The molecule has 1 saturated heterocycles. The average molecular weight is 513 g/mol. The summed E-state index contributed by atoms with van der Waals surface area (Å²) in [6.45, 7) is 12.4. The first-order valence-electron chi connectivity index (χ1n) is 12.7. The van der Waals surface area contributed by atoms with E-state index >= 15 is 0 Å². The normalized spacial score (nSPS) is 14.3. The van der Waals surface area contributed by atoms with E-state index in [4.69, 9.17) is 14.7 Å².